The molecule has 0 fully saturated rings. The van der Waals surface area contributed by atoms with Crippen LogP contribution in [0.4, 0.5) is 4.39 Å². The Labute approximate surface area is 62.1 Å². The lowest BCUT2D eigenvalue weighted by Gasteiger charge is -2.30. The second kappa shape index (κ2) is 2.08. The van der Waals surface area contributed by atoms with Gasteiger partial charge in [0.2, 0.25) is 0 Å². The van der Waals surface area contributed by atoms with Crippen LogP contribution in [0.25, 0.3) is 0 Å². The van der Waals surface area contributed by atoms with Gasteiger partial charge in [-0.3, -0.25) is 0 Å². The van der Waals surface area contributed by atoms with Gasteiger partial charge in [-0.05, 0) is 25.2 Å². The van der Waals surface area contributed by atoms with Gasteiger partial charge in [0.25, 0.3) is 0 Å². The minimum atomic E-state index is -1.05. The highest BCUT2D eigenvalue weighted by Gasteiger charge is 2.28. The average molecular weight is 142 g/mol. The summed E-state index contributed by atoms with van der Waals surface area (Å²) < 4.78 is 13.1. The van der Waals surface area contributed by atoms with Gasteiger partial charge < -0.3 is 0 Å². The fourth-order valence-electron chi connectivity index (χ4n) is 1.13. The van der Waals surface area contributed by atoms with E-state index in [0.29, 0.717) is 6.42 Å². The SMILES string of the molecule is CC1(C)C=CC(C)(F)CC1. The number of alkyl halides is 1. The molecule has 0 aromatic rings. The van der Waals surface area contributed by atoms with E-state index in [0.717, 1.165) is 6.42 Å². The van der Waals surface area contributed by atoms with Crippen LogP contribution in [0.1, 0.15) is 33.6 Å². The van der Waals surface area contributed by atoms with E-state index in [4.69, 9.17) is 0 Å². The third kappa shape index (κ3) is 1.83. The average Bonchev–Trinajstić information content (AvgIpc) is 1.79. The zero-order chi connectivity index (χ0) is 7.83. The van der Waals surface area contributed by atoms with Gasteiger partial charge in [0.05, 0.1) is 0 Å². The molecule has 0 saturated heterocycles. The van der Waals surface area contributed by atoms with Crippen LogP contribution in [-0.4, -0.2) is 5.67 Å². The first-order chi connectivity index (χ1) is 4.41. The fraction of sp³-hybridized carbons (Fsp3) is 0.778. The lowest BCUT2D eigenvalue weighted by molar-refractivity contribution is 0.193. The molecule has 0 amide bonds. The van der Waals surface area contributed by atoms with E-state index in [9.17, 15) is 4.39 Å². The van der Waals surface area contributed by atoms with Gasteiger partial charge in [0, 0.05) is 0 Å². The molecule has 0 spiro atoms. The molecule has 1 atom stereocenters. The van der Waals surface area contributed by atoms with E-state index < -0.39 is 5.67 Å². The van der Waals surface area contributed by atoms with Crippen LogP contribution in [0.2, 0.25) is 0 Å². The van der Waals surface area contributed by atoms with Gasteiger partial charge in [0.1, 0.15) is 5.67 Å². The molecule has 10 heavy (non-hydrogen) atoms. The predicted molar refractivity (Wildman–Crippen MR) is 41.7 cm³/mol. The van der Waals surface area contributed by atoms with E-state index in [1.807, 2.05) is 6.08 Å². The molecule has 0 aromatic heterocycles. The normalized spacial score (nSPS) is 38.0. The van der Waals surface area contributed by atoms with Gasteiger partial charge in [-0.2, -0.15) is 0 Å². The molecule has 0 N–H and O–H groups in total. The molecule has 1 rings (SSSR count). The van der Waals surface area contributed by atoms with E-state index in [2.05, 4.69) is 13.8 Å². The topological polar surface area (TPSA) is 0 Å². The fourth-order valence-corrected chi connectivity index (χ4v) is 1.13. The number of hydrogen-bond acceptors (Lipinski definition) is 0. The summed E-state index contributed by atoms with van der Waals surface area (Å²) >= 11 is 0. The summed E-state index contributed by atoms with van der Waals surface area (Å²) in [6, 6.07) is 0. The van der Waals surface area contributed by atoms with Crippen LogP contribution in [0.15, 0.2) is 12.2 Å². The number of hydrogen-bond donors (Lipinski definition) is 0. The standard InChI is InChI=1S/C9H15F/c1-8(2)4-6-9(3,10)7-5-8/h4,6H,5,7H2,1-3H3. The Morgan fingerprint density at radius 1 is 1.10 bits per heavy atom. The third-order valence-electron chi connectivity index (χ3n) is 2.14. The molecular formula is C9H15F. The lowest BCUT2D eigenvalue weighted by Crippen LogP contribution is -2.24. The molecule has 0 aromatic carbocycles. The van der Waals surface area contributed by atoms with Crippen molar-refractivity contribution in [3.63, 3.8) is 0 Å². The summed E-state index contributed by atoms with van der Waals surface area (Å²) in [5.41, 5.74) is -0.832. The number of rotatable bonds is 0. The quantitative estimate of drug-likeness (QED) is 0.456. The van der Waals surface area contributed by atoms with Crippen molar-refractivity contribution >= 4 is 0 Å². The van der Waals surface area contributed by atoms with Crippen LogP contribution >= 0.6 is 0 Å². The Morgan fingerprint density at radius 2 is 1.70 bits per heavy atom. The van der Waals surface area contributed by atoms with Gasteiger partial charge in [0.15, 0.2) is 0 Å². The van der Waals surface area contributed by atoms with Crippen LogP contribution < -0.4 is 0 Å². The molecule has 0 saturated carbocycles. The summed E-state index contributed by atoms with van der Waals surface area (Å²) in [5.74, 6) is 0. The van der Waals surface area contributed by atoms with Gasteiger partial charge in [-0.15, -0.1) is 0 Å². The molecule has 1 heteroatoms. The smallest absolute Gasteiger partial charge is 0.126 e. The van der Waals surface area contributed by atoms with Crippen molar-refractivity contribution in [2.75, 3.05) is 0 Å². The highest BCUT2D eigenvalue weighted by atomic mass is 19.1. The highest BCUT2D eigenvalue weighted by molar-refractivity contribution is 5.09. The first-order valence-corrected chi connectivity index (χ1v) is 3.81. The molecular weight excluding hydrogens is 127 g/mol. The minimum absolute atomic E-state index is 0.214. The second-order valence-electron chi connectivity index (χ2n) is 4.10. The predicted octanol–water partition coefficient (Wildman–Crippen LogP) is 3.09. The van der Waals surface area contributed by atoms with Gasteiger partial charge in [-0.1, -0.05) is 26.0 Å². The zero-order valence-electron chi connectivity index (χ0n) is 6.95. The summed E-state index contributed by atoms with van der Waals surface area (Å²) in [6.07, 6.45) is 5.29. The monoisotopic (exact) mass is 142 g/mol. The van der Waals surface area contributed by atoms with Crippen LogP contribution in [0.3, 0.4) is 0 Å². The Hall–Kier alpha value is -0.330. The van der Waals surface area contributed by atoms with Crippen molar-refractivity contribution in [1.82, 2.24) is 0 Å². The van der Waals surface area contributed by atoms with E-state index in [-0.39, 0.29) is 5.41 Å². The maximum absolute atomic E-state index is 13.1. The Bertz CT molecular complexity index is 136. The molecule has 0 radical (unpaired) electrons. The van der Waals surface area contributed by atoms with Crippen molar-refractivity contribution in [3.05, 3.63) is 12.2 Å². The molecule has 0 aliphatic heterocycles. The van der Waals surface area contributed by atoms with E-state index >= 15 is 0 Å². The third-order valence-corrected chi connectivity index (χ3v) is 2.14. The highest BCUT2D eigenvalue weighted by Crippen LogP contribution is 2.35. The van der Waals surface area contributed by atoms with Gasteiger partial charge >= 0.3 is 0 Å². The van der Waals surface area contributed by atoms with Crippen molar-refractivity contribution in [3.8, 4) is 0 Å². The van der Waals surface area contributed by atoms with Crippen LogP contribution in [-0.2, 0) is 0 Å². The summed E-state index contributed by atoms with van der Waals surface area (Å²) in [6.45, 7) is 5.91. The first-order valence-electron chi connectivity index (χ1n) is 3.81. The maximum Gasteiger partial charge on any atom is 0.126 e. The molecule has 58 valence electrons. The first kappa shape index (κ1) is 7.77. The van der Waals surface area contributed by atoms with Crippen molar-refractivity contribution in [2.45, 2.75) is 39.3 Å². The Balaban J connectivity index is 2.70. The number of allylic oxidation sites excluding steroid dienone is 2. The van der Waals surface area contributed by atoms with E-state index in [1.54, 1.807) is 13.0 Å². The molecule has 0 heterocycles. The largest absolute Gasteiger partial charge is 0.240 e. The second-order valence-corrected chi connectivity index (χ2v) is 4.10. The molecule has 1 aliphatic rings. The summed E-state index contributed by atoms with van der Waals surface area (Å²) in [7, 11) is 0. The van der Waals surface area contributed by atoms with Crippen molar-refractivity contribution in [1.29, 1.82) is 0 Å². The molecule has 1 unspecified atom stereocenters. The van der Waals surface area contributed by atoms with Crippen molar-refractivity contribution < 1.29 is 4.39 Å². The van der Waals surface area contributed by atoms with Crippen LogP contribution in [0.5, 0.6) is 0 Å². The Morgan fingerprint density at radius 3 is 2.00 bits per heavy atom. The maximum atomic E-state index is 13.1. The minimum Gasteiger partial charge on any atom is -0.240 e. The van der Waals surface area contributed by atoms with E-state index in [1.165, 1.54) is 0 Å². The Kier molecular flexibility index (Phi) is 1.61. The lowest BCUT2D eigenvalue weighted by atomic mass is 9.78. The summed E-state index contributed by atoms with van der Waals surface area (Å²) in [5, 5.41) is 0. The molecule has 0 bridgehead atoms. The summed E-state index contributed by atoms with van der Waals surface area (Å²) in [4.78, 5) is 0. The zero-order valence-corrected chi connectivity index (χ0v) is 6.95. The number of halogens is 1. The van der Waals surface area contributed by atoms with Crippen molar-refractivity contribution in [2.24, 2.45) is 5.41 Å². The van der Waals surface area contributed by atoms with Crippen LogP contribution in [0, 0.1) is 5.41 Å². The molecule has 0 nitrogen and oxygen atoms in total. The van der Waals surface area contributed by atoms with Gasteiger partial charge in [-0.25, -0.2) is 4.39 Å². The molecule has 1 aliphatic carbocycles.